The van der Waals surface area contributed by atoms with Crippen LogP contribution in [0, 0.1) is 0 Å². The number of nitrogens with one attached hydrogen (secondary N) is 1. The molecule has 0 saturated heterocycles. The zero-order chi connectivity index (χ0) is 18.8. The van der Waals surface area contributed by atoms with Crippen molar-refractivity contribution in [2.24, 2.45) is 0 Å². The molecule has 0 fully saturated rings. The van der Waals surface area contributed by atoms with Crippen LogP contribution in [0.1, 0.15) is 35.8 Å². The molecule has 0 aliphatic carbocycles. The van der Waals surface area contributed by atoms with Gasteiger partial charge in [0.15, 0.2) is 0 Å². The van der Waals surface area contributed by atoms with Crippen LogP contribution in [0.5, 0.6) is 0 Å². The van der Waals surface area contributed by atoms with Gasteiger partial charge in [-0.2, -0.15) is 0 Å². The Morgan fingerprint density at radius 3 is 2.12 bits per heavy atom. The first kappa shape index (κ1) is 17.9. The van der Waals surface area contributed by atoms with Crippen LogP contribution in [0.3, 0.4) is 0 Å². The Balaban J connectivity index is 2.13. The minimum atomic E-state index is -1.11. The molecular weight excluding hydrogens is 350 g/mol. The number of allylic oxidation sites excluding steroid dienone is 2. The van der Waals surface area contributed by atoms with E-state index >= 15 is 0 Å². The highest BCUT2D eigenvalue weighted by atomic mass is 32.1. The minimum absolute atomic E-state index is 0.0840. The maximum atomic E-state index is 11.9. The zero-order valence-corrected chi connectivity index (χ0v) is 15.3. The lowest BCUT2D eigenvalue weighted by Crippen LogP contribution is -2.31. The van der Waals surface area contributed by atoms with E-state index in [1.807, 2.05) is 41.8 Å². The number of dihydropyridines is 1. The molecule has 134 valence electrons. The van der Waals surface area contributed by atoms with E-state index in [0.717, 1.165) is 16.0 Å². The van der Waals surface area contributed by atoms with Crippen LogP contribution in [0.15, 0.2) is 64.3 Å². The van der Waals surface area contributed by atoms with Gasteiger partial charge in [-0.1, -0.05) is 30.3 Å². The fourth-order valence-corrected chi connectivity index (χ4v) is 4.36. The normalized spacial score (nSPS) is 15.2. The van der Waals surface area contributed by atoms with Crippen LogP contribution in [-0.2, 0) is 16.0 Å². The molecule has 5 nitrogen and oxygen atoms in total. The fraction of sp³-hybridized carbons (Fsp3) is 0.200. The first-order valence-electron chi connectivity index (χ1n) is 8.15. The Bertz CT molecular complexity index is 888. The third-order valence-electron chi connectivity index (χ3n) is 4.52. The average molecular weight is 369 g/mol. The van der Waals surface area contributed by atoms with Crippen molar-refractivity contribution in [3.05, 3.63) is 80.3 Å². The quantitative estimate of drug-likeness (QED) is 0.747. The van der Waals surface area contributed by atoms with Gasteiger partial charge in [0.2, 0.25) is 0 Å². The molecule has 1 aromatic carbocycles. The van der Waals surface area contributed by atoms with Crippen molar-refractivity contribution in [2.75, 3.05) is 0 Å². The van der Waals surface area contributed by atoms with Crippen molar-refractivity contribution in [1.29, 1.82) is 0 Å². The van der Waals surface area contributed by atoms with Gasteiger partial charge in [0.05, 0.1) is 17.1 Å². The molecule has 2 aromatic rings. The number of hydrogen-bond donors (Lipinski definition) is 3. The summed E-state index contributed by atoms with van der Waals surface area (Å²) in [6.45, 7) is 3.34. The molecule has 3 N–H and O–H groups in total. The van der Waals surface area contributed by atoms with Crippen molar-refractivity contribution in [3.8, 4) is 0 Å². The second kappa shape index (κ2) is 7.17. The molecule has 0 unspecified atom stereocenters. The summed E-state index contributed by atoms with van der Waals surface area (Å²) in [6, 6.07) is 11.7. The fourth-order valence-electron chi connectivity index (χ4n) is 3.40. The third kappa shape index (κ3) is 3.28. The van der Waals surface area contributed by atoms with Crippen LogP contribution >= 0.6 is 11.3 Å². The molecule has 1 aliphatic rings. The maximum absolute atomic E-state index is 11.9. The number of carboxylic acid groups (broad SMARTS) is 2. The lowest BCUT2D eigenvalue weighted by atomic mass is 9.80. The van der Waals surface area contributed by atoms with Crippen LogP contribution in [0.2, 0.25) is 0 Å². The van der Waals surface area contributed by atoms with E-state index < -0.39 is 17.9 Å². The molecule has 0 spiro atoms. The van der Waals surface area contributed by atoms with Gasteiger partial charge in [-0.25, -0.2) is 9.59 Å². The Morgan fingerprint density at radius 2 is 1.58 bits per heavy atom. The van der Waals surface area contributed by atoms with Gasteiger partial charge < -0.3 is 15.5 Å². The van der Waals surface area contributed by atoms with Gasteiger partial charge in [-0.15, -0.1) is 11.3 Å². The highest BCUT2D eigenvalue weighted by molar-refractivity contribution is 7.10. The largest absolute Gasteiger partial charge is 0.478 e. The lowest BCUT2D eigenvalue weighted by Gasteiger charge is -2.29. The van der Waals surface area contributed by atoms with Crippen LogP contribution < -0.4 is 5.32 Å². The van der Waals surface area contributed by atoms with E-state index in [-0.39, 0.29) is 11.1 Å². The van der Waals surface area contributed by atoms with Crippen molar-refractivity contribution >= 4 is 23.3 Å². The van der Waals surface area contributed by atoms with Gasteiger partial charge in [0.25, 0.3) is 0 Å². The number of benzene rings is 1. The topological polar surface area (TPSA) is 86.6 Å². The summed E-state index contributed by atoms with van der Waals surface area (Å²) >= 11 is 1.52. The van der Waals surface area contributed by atoms with E-state index in [1.54, 1.807) is 13.8 Å². The van der Waals surface area contributed by atoms with Crippen molar-refractivity contribution < 1.29 is 19.8 Å². The summed E-state index contributed by atoms with van der Waals surface area (Å²) in [5, 5.41) is 24.3. The van der Waals surface area contributed by atoms with Crippen molar-refractivity contribution in [3.63, 3.8) is 0 Å². The molecule has 1 aliphatic heterocycles. The monoisotopic (exact) mass is 369 g/mol. The van der Waals surface area contributed by atoms with Gasteiger partial charge >= 0.3 is 11.9 Å². The second-order valence-corrected chi connectivity index (χ2v) is 7.21. The molecule has 0 saturated carbocycles. The van der Waals surface area contributed by atoms with Gasteiger partial charge in [0.1, 0.15) is 0 Å². The smallest absolute Gasteiger partial charge is 0.334 e. The Kier molecular flexibility index (Phi) is 4.95. The van der Waals surface area contributed by atoms with E-state index in [0.29, 0.717) is 17.8 Å². The Labute approximate surface area is 155 Å². The highest BCUT2D eigenvalue weighted by Crippen LogP contribution is 2.41. The zero-order valence-electron chi connectivity index (χ0n) is 14.4. The minimum Gasteiger partial charge on any atom is -0.478 e. The number of rotatable bonds is 5. The van der Waals surface area contributed by atoms with Gasteiger partial charge in [0, 0.05) is 22.7 Å². The number of thiophene rings is 1. The summed E-state index contributed by atoms with van der Waals surface area (Å²) in [4.78, 5) is 24.8. The third-order valence-corrected chi connectivity index (χ3v) is 5.46. The number of carbonyl (C=O) groups is 2. The van der Waals surface area contributed by atoms with Crippen LogP contribution in [-0.4, -0.2) is 22.2 Å². The van der Waals surface area contributed by atoms with Gasteiger partial charge in [-0.05, 0) is 36.4 Å². The number of aliphatic carboxylic acids is 2. The summed E-state index contributed by atoms with van der Waals surface area (Å²) in [5.41, 5.74) is 2.96. The molecule has 0 atom stereocenters. The molecule has 1 aromatic heterocycles. The lowest BCUT2D eigenvalue weighted by molar-refractivity contribution is -0.133. The first-order valence-corrected chi connectivity index (χ1v) is 9.03. The van der Waals surface area contributed by atoms with Crippen LogP contribution in [0.4, 0.5) is 0 Å². The van der Waals surface area contributed by atoms with Crippen LogP contribution in [0.25, 0.3) is 0 Å². The molecule has 26 heavy (non-hydrogen) atoms. The van der Waals surface area contributed by atoms with E-state index in [2.05, 4.69) is 5.32 Å². The van der Waals surface area contributed by atoms with Gasteiger partial charge in [-0.3, -0.25) is 0 Å². The summed E-state index contributed by atoms with van der Waals surface area (Å²) in [6.07, 6.45) is 0.635. The summed E-state index contributed by atoms with van der Waals surface area (Å²) in [5.74, 6) is -3.01. The average Bonchev–Trinajstić information content (AvgIpc) is 3.02. The predicted molar refractivity (Wildman–Crippen MR) is 100 cm³/mol. The molecule has 3 rings (SSSR count). The maximum Gasteiger partial charge on any atom is 0.334 e. The first-order chi connectivity index (χ1) is 12.4. The Morgan fingerprint density at radius 1 is 1.00 bits per heavy atom. The SMILES string of the molecule is CC1=C(C(=O)O)C(c2ccsc2Cc2ccccc2)C(C(=O)O)=C(C)N1. The Hall–Kier alpha value is -2.86. The van der Waals surface area contributed by atoms with Crippen molar-refractivity contribution in [1.82, 2.24) is 5.32 Å². The van der Waals surface area contributed by atoms with E-state index in [4.69, 9.17) is 0 Å². The standard InChI is InChI=1S/C20H19NO4S/c1-11-16(19(22)23)18(17(20(24)25)12(2)21-11)14-8-9-26-15(14)10-13-6-4-3-5-7-13/h3-9,18,21H,10H2,1-2H3,(H,22,23)(H,24,25). The number of hydrogen-bond acceptors (Lipinski definition) is 4. The highest BCUT2D eigenvalue weighted by Gasteiger charge is 2.37. The summed E-state index contributed by atoms with van der Waals surface area (Å²) < 4.78 is 0. The van der Waals surface area contributed by atoms with Crippen molar-refractivity contribution in [2.45, 2.75) is 26.2 Å². The predicted octanol–water partition coefficient (Wildman–Crippen LogP) is 3.74. The second-order valence-electron chi connectivity index (χ2n) is 6.21. The molecule has 0 amide bonds. The number of carboxylic acids is 2. The van der Waals surface area contributed by atoms with E-state index in [9.17, 15) is 19.8 Å². The molecule has 2 heterocycles. The summed E-state index contributed by atoms with van der Waals surface area (Å²) in [7, 11) is 0. The molecule has 0 radical (unpaired) electrons. The molecular formula is C20H19NO4S. The molecule has 0 bridgehead atoms. The van der Waals surface area contributed by atoms with E-state index in [1.165, 1.54) is 11.3 Å². The molecule has 6 heteroatoms.